The molecule has 0 aliphatic heterocycles. The summed E-state index contributed by atoms with van der Waals surface area (Å²) in [6.07, 6.45) is 8.46. The Morgan fingerprint density at radius 2 is 1.44 bits per heavy atom. The first-order valence-corrected chi connectivity index (χ1v) is 13.2. The van der Waals surface area contributed by atoms with E-state index in [-0.39, 0.29) is 5.69 Å². The summed E-state index contributed by atoms with van der Waals surface area (Å²) in [5.41, 5.74) is 3.03. The summed E-state index contributed by atoms with van der Waals surface area (Å²) in [5.74, 6) is -2.47. The number of aromatic carboxylic acids is 1. The van der Waals surface area contributed by atoms with Crippen LogP contribution in [-0.4, -0.2) is 38.3 Å². The van der Waals surface area contributed by atoms with Gasteiger partial charge in [-0.3, -0.25) is 0 Å². The Morgan fingerprint density at radius 1 is 0.806 bits per heavy atom. The van der Waals surface area contributed by atoms with E-state index in [4.69, 9.17) is 0 Å². The first-order valence-electron chi connectivity index (χ1n) is 12.3. The highest BCUT2D eigenvalue weighted by Crippen LogP contribution is 2.40. The number of unbranched alkanes of at least 4 members (excludes halogenated alkanes) is 5. The predicted molar refractivity (Wildman–Crippen MR) is 141 cm³/mol. The van der Waals surface area contributed by atoms with Crippen LogP contribution in [0.4, 0.5) is 0 Å². The second kappa shape index (κ2) is 14.4. The van der Waals surface area contributed by atoms with E-state index < -0.39 is 23.3 Å². The number of benzene rings is 2. The lowest BCUT2D eigenvalue weighted by atomic mass is 9.96. The highest BCUT2D eigenvalue weighted by molar-refractivity contribution is 7.99. The largest absolute Gasteiger partial charge is 0.479 e. The van der Waals surface area contributed by atoms with Gasteiger partial charge in [0.2, 0.25) is 0 Å². The van der Waals surface area contributed by atoms with Crippen molar-refractivity contribution in [1.29, 1.82) is 0 Å². The van der Waals surface area contributed by atoms with Crippen LogP contribution in [-0.2, 0) is 17.6 Å². The van der Waals surface area contributed by atoms with Crippen molar-refractivity contribution in [2.24, 2.45) is 0 Å². The lowest BCUT2D eigenvalue weighted by Crippen LogP contribution is -2.26. The molecule has 6 nitrogen and oxygen atoms in total. The molecule has 3 rings (SSSR count). The molecule has 1 aromatic heterocycles. The molecule has 0 saturated carbocycles. The van der Waals surface area contributed by atoms with Crippen molar-refractivity contribution in [1.82, 2.24) is 4.98 Å². The minimum atomic E-state index is -1.64. The van der Waals surface area contributed by atoms with E-state index in [1.165, 1.54) is 37.1 Å². The van der Waals surface area contributed by atoms with Crippen molar-refractivity contribution in [3.8, 4) is 0 Å². The first kappa shape index (κ1) is 27.4. The zero-order chi connectivity index (χ0) is 25.8. The number of aliphatic hydroxyl groups is 1. The number of aromatic nitrogens is 1. The number of carbonyl (C=O) groups is 2. The van der Waals surface area contributed by atoms with Gasteiger partial charge in [-0.25, -0.2) is 14.6 Å². The molecule has 7 heteroatoms. The number of carboxylic acids is 2. The van der Waals surface area contributed by atoms with E-state index >= 15 is 0 Å². The normalized spacial score (nSPS) is 12.7. The van der Waals surface area contributed by atoms with Crippen LogP contribution in [0.3, 0.4) is 0 Å². The van der Waals surface area contributed by atoms with E-state index in [9.17, 15) is 24.9 Å². The zero-order valence-electron chi connectivity index (χ0n) is 20.3. The molecule has 3 N–H and O–H groups in total. The van der Waals surface area contributed by atoms with Gasteiger partial charge in [-0.2, -0.15) is 0 Å². The molecule has 2 aromatic carbocycles. The first-order chi connectivity index (χ1) is 17.5. The SMILES string of the molecule is O=C(O)c1cc(SC(c2ccccc2CCCCCCCCc2ccccc2)C(O)C(=O)O)ccn1. The number of carboxylic acid groups (broad SMARTS) is 2. The lowest BCUT2D eigenvalue weighted by molar-refractivity contribution is -0.146. The Bertz CT molecular complexity index is 1120. The second-order valence-electron chi connectivity index (χ2n) is 8.81. The third-order valence-corrected chi connectivity index (χ3v) is 7.41. The van der Waals surface area contributed by atoms with Gasteiger partial charge in [0.15, 0.2) is 6.10 Å². The van der Waals surface area contributed by atoms with Gasteiger partial charge in [0.25, 0.3) is 0 Å². The van der Waals surface area contributed by atoms with Gasteiger partial charge in [-0.15, -0.1) is 11.8 Å². The van der Waals surface area contributed by atoms with Crippen LogP contribution >= 0.6 is 11.8 Å². The molecule has 2 atom stereocenters. The van der Waals surface area contributed by atoms with Crippen molar-refractivity contribution in [3.05, 3.63) is 95.3 Å². The van der Waals surface area contributed by atoms with Gasteiger partial charge >= 0.3 is 11.9 Å². The van der Waals surface area contributed by atoms with E-state index in [1.807, 2.05) is 30.3 Å². The fraction of sp³-hybridized carbons (Fsp3) is 0.345. The third-order valence-electron chi connectivity index (χ3n) is 6.12. The van der Waals surface area contributed by atoms with Gasteiger partial charge in [0, 0.05) is 11.1 Å². The van der Waals surface area contributed by atoms with Crippen molar-refractivity contribution in [3.63, 3.8) is 0 Å². The monoisotopic (exact) mass is 507 g/mol. The van der Waals surface area contributed by atoms with Crippen molar-refractivity contribution in [2.45, 2.75) is 67.6 Å². The van der Waals surface area contributed by atoms with E-state index in [1.54, 1.807) is 6.07 Å². The number of hydrogen-bond donors (Lipinski definition) is 3. The fourth-order valence-electron chi connectivity index (χ4n) is 4.21. The molecule has 190 valence electrons. The minimum absolute atomic E-state index is 0.124. The fourth-order valence-corrected chi connectivity index (χ4v) is 5.43. The molecule has 0 amide bonds. The minimum Gasteiger partial charge on any atom is -0.479 e. The quantitative estimate of drug-likeness (QED) is 0.166. The molecule has 1 heterocycles. The second-order valence-corrected chi connectivity index (χ2v) is 10.0. The molecule has 0 bridgehead atoms. The number of pyridine rings is 1. The predicted octanol–water partition coefficient (Wildman–Crippen LogP) is 6.18. The molecule has 0 saturated heterocycles. The average molecular weight is 508 g/mol. The van der Waals surface area contributed by atoms with E-state index in [0.717, 1.165) is 55.0 Å². The van der Waals surface area contributed by atoms with Crippen LogP contribution < -0.4 is 0 Å². The molecular formula is C29H33NO5S. The zero-order valence-corrected chi connectivity index (χ0v) is 21.1. The maximum absolute atomic E-state index is 11.7. The van der Waals surface area contributed by atoms with Crippen LogP contribution in [0.25, 0.3) is 0 Å². The number of hydrogen-bond acceptors (Lipinski definition) is 5. The summed E-state index contributed by atoms with van der Waals surface area (Å²) in [6, 6.07) is 21.2. The van der Waals surface area contributed by atoms with E-state index in [0.29, 0.717) is 4.90 Å². The van der Waals surface area contributed by atoms with Crippen molar-refractivity contribution < 1.29 is 24.9 Å². The average Bonchev–Trinajstić information content (AvgIpc) is 2.89. The Labute approximate surface area is 216 Å². The Balaban J connectivity index is 1.56. The number of nitrogens with zero attached hydrogens (tertiary/aromatic N) is 1. The van der Waals surface area contributed by atoms with Gasteiger partial charge in [0.1, 0.15) is 5.69 Å². The van der Waals surface area contributed by atoms with Gasteiger partial charge < -0.3 is 15.3 Å². The molecule has 0 radical (unpaired) electrons. The molecule has 36 heavy (non-hydrogen) atoms. The number of aliphatic carboxylic acids is 1. The highest BCUT2D eigenvalue weighted by Gasteiger charge is 2.30. The molecular weight excluding hydrogens is 474 g/mol. The standard InChI is InChI=1S/C29H33NO5S/c31-26(29(34)35)27(36-23-18-19-30-25(20-23)28(32)33)24-17-11-10-16-22(24)15-9-4-2-1-3-6-12-21-13-7-5-8-14-21/h5,7-8,10-11,13-14,16-20,26-27,31H,1-4,6,9,12,15H2,(H,32,33)(H,34,35). The van der Waals surface area contributed by atoms with Gasteiger partial charge in [-0.05, 0) is 54.5 Å². The van der Waals surface area contributed by atoms with Crippen LogP contribution in [0, 0.1) is 0 Å². The molecule has 3 aromatic rings. The number of thioether (sulfide) groups is 1. The van der Waals surface area contributed by atoms with Crippen LogP contribution in [0.1, 0.15) is 71.0 Å². The molecule has 0 fully saturated rings. The third kappa shape index (κ3) is 8.50. The molecule has 2 unspecified atom stereocenters. The molecule has 0 aliphatic rings. The summed E-state index contributed by atoms with van der Waals surface area (Å²) in [7, 11) is 0. The molecule has 0 aliphatic carbocycles. The van der Waals surface area contributed by atoms with Gasteiger partial charge in [-0.1, -0.05) is 80.3 Å². The maximum Gasteiger partial charge on any atom is 0.354 e. The summed E-state index contributed by atoms with van der Waals surface area (Å²) >= 11 is 1.14. The van der Waals surface area contributed by atoms with Crippen LogP contribution in [0.15, 0.2) is 77.8 Å². The van der Waals surface area contributed by atoms with E-state index in [2.05, 4.69) is 29.2 Å². The Hall–Kier alpha value is -3.16. The van der Waals surface area contributed by atoms with Gasteiger partial charge in [0.05, 0.1) is 5.25 Å². The summed E-state index contributed by atoms with van der Waals surface area (Å²) in [4.78, 5) is 27.3. The van der Waals surface area contributed by atoms with Crippen molar-refractivity contribution >= 4 is 23.7 Å². The smallest absolute Gasteiger partial charge is 0.354 e. The number of aryl methyl sites for hydroxylation is 2. The topological polar surface area (TPSA) is 108 Å². The Kier molecular flexibility index (Phi) is 11.0. The van der Waals surface area contributed by atoms with Crippen molar-refractivity contribution in [2.75, 3.05) is 0 Å². The summed E-state index contributed by atoms with van der Waals surface area (Å²) in [6.45, 7) is 0. The lowest BCUT2D eigenvalue weighted by Gasteiger charge is -2.23. The summed E-state index contributed by atoms with van der Waals surface area (Å²) in [5, 5.41) is 28.5. The highest BCUT2D eigenvalue weighted by atomic mass is 32.2. The Morgan fingerprint density at radius 3 is 2.14 bits per heavy atom. The summed E-state index contributed by atoms with van der Waals surface area (Å²) < 4.78 is 0. The van der Waals surface area contributed by atoms with Crippen LogP contribution in [0.2, 0.25) is 0 Å². The van der Waals surface area contributed by atoms with Crippen LogP contribution in [0.5, 0.6) is 0 Å². The number of rotatable bonds is 15. The maximum atomic E-state index is 11.7. The molecule has 0 spiro atoms. The number of aliphatic hydroxyl groups excluding tert-OH is 1.